The molecule has 0 amide bonds. The van der Waals surface area contributed by atoms with Crippen LogP contribution in [0, 0.1) is 5.92 Å². The Morgan fingerprint density at radius 3 is 2.32 bits per heavy atom. The van der Waals surface area contributed by atoms with Gasteiger partial charge in [0.05, 0.1) is 0 Å². The fraction of sp³-hybridized carbons (Fsp3) is 0.571. The van der Waals surface area contributed by atoms with Crippen LogP contribution >= 0.6 is 0 Å². The molecule has 1 aliphatic heterocycles. The summed E-state index contributed by atoms with van der Waals surface area (Å²) < 4.78 is 0. The minimum atomic E-state index is -1.38. The highest BCUT2D eigenvalue weighted by molar-refractivity contribution is 6.58. The van der Waals surface area contributed by atoms with Crippen LogP contribution in [-0.2, 0) is 6.54 Å². The third kappa shape index (κ3) is 3.57. The molecule has 0 saturated carbocycles. The molecule has 0 radical (unpaired) electrons. The number of benzene rings is 1. The summed E-state index contributed by atoms with van der Waals surface area (Å²) in [5.41, 5.74) is 1.76. The highest BCUT2D eigenvalue weighted by Crippen LogP contribution is 2.21. The van der Waals surface area contributed by atoms with E-state index >= 15 is 0 Å². The van der Waals surface area contributed by atoms with Crippen LogP contribution in [0.25, 0.3) is 0 Å². The van der Waals surface area contributed by atoms with Gasteiger partial charge in [-0.05, 0) is 31.0 Å². The Kier molecular flexibility index (Phi) is 4.63. The fourth-order valence-electron chi connectivity index (χ4n) is 2.90. The van der Waals surface area contributed by atoms with Gasteiger partial charge in [-0.2, -0.15) is 0 Å². The van der Waals surface area contributed by atoms with E-state index in [0.717, 1.165) is 19.6 Å². The van der Waals surface area contributed by atoms with E-state index in [0.29, 0.717) is 17.4 Å². The van der Waals surface area contributed by atoms with Gasteiger partial charge >= 0.3 is 7.12 Å². The first kappa shape index (κ1) is 14.5. The summed E-state index contributed by atoms with van der Waals surface area (Å²) >= 11 is 0. The molecule has 4 nitrogen and oxygen atoms in total. The molecular weight excluding hydrogens is 239 g/mol. The van der Waals surface area contributed by atoms with Crippen molar-refractivity contribution < 1.29 is 10.0 Å². The molecule has 2 atom stereocenters. The zero-order valence-electron chi connectivity index (χ0n) is 12.0. The van der Waals surface area contributed by atoms with Crippen LogP contribution in [0.1, 0.15) is 12.5 Å². The van der Waals surface area contributed by atoms with Gasteiger partial charge in [0.1, 0.15) is 0 Å². The van der Waals surface area contributed by atoms with E-state index < -0.39 is 7.12 Å². The van der Waals surface area contributed by atoms with Crippen LogP contribution < -0.4 is 5.46 Å². The summed E-state index contributed by atoms with van der Waals surface area (Å²) in [6, 6.07) is 8.13. The lowest BCUT2D eigenvalue weighted by atomic mass is 9.80. The maximum atomic E-state index is 9.07. The second-order valence-electron chi connectivity index (χ2n) is 5.82. The van der Waals surface area contributed by atoms with Gasteiger partial charge in [-0.25, -0.2) is 0 Å². The van der Waals surface area contributed by atoms with Crippen molar-refractivity contribution in [3.8, 4) is 0 Å². The summed E-state index contributed by atoms with van der Waals surface area (Å²) in [4.78, 5) is 4.76. The van der Waals surface area contributed by atoms with Crippen molar-refractivity contribution >= 4 is 12.6 Å². The van der Waals surface area contributed by atoms with Gasteiger partial charge in [-0.15, -0.1) is 0 Å². The average Bonchev–Trinajstić information content (AvgIpc) is 2.71. The van der Waals surface area contributed by atoms with Crippen LogP contribution in [0.5, 0.6) is 0 Å². The number of likely N-dealkylation sites (tertiary alicyclic amines) is 1. The first-order chi connectivity index (χ1) is 8.97. The third-order valence-corrected chi connectivity index (χ3v) is 4.00. The van der Waals surface area contributed by atoms with Crippen LogP contribution in [-0.4, -0.2) is 60.2 Å². The number of rotatable bonds is 4. The molecule has 1 aliphatic rings. The molecule has 5 heteroatoms. The molecule has 2 N–H and O–H groups in total. The molecule has 2 unspecified atom stereocenters. The minimum Gasteiger partial charge on any atom is -0.423 e. The summed E-state index contributed by atoms with van der Waals surface area (Å²) in [6.07, 6.45) is 0. The molecule has 1 heterocycles. The van der Waals surface area contributed by atoms with Gasteiger partial charge in [0, 0.05) is 25.7 Å². The summed E-state index contributed by atoms with van der Waals surface area (Å²) in [7, 11) is 2.91. The van der Waals surface area contributed by atoms with Gasteiger partial charge in [0.15, 0.2) is 0 Å². The first-order valence-electron chi connectivity index (χ1n) is 6.81. The van der Waals surface area contributed by atoms with Crippen molar-refractivity contribution in [2.75, 3.05) is 27.2 Å². The van der Waals surface area contributed by atoms with Gasteiger partial charge in [-0.3, -0.25) is 4.90 Å². The molecule has 2 rings (SSSR count). The summed E-state index contributed by atoms with van der Waals surface area (Å²) in [6.45, 7) is 5.44. The van der Waals surface area contributed by atoms with Crippen LogP contribution in [0.3, 0.4) is 0 Å². The van der Waals surface area contributed by atoms with Crippen molar-refractivity contribution in [2.45, 2.75) is 19.5 Å². The van der Waals surface area contributed by atoms with Gasteiger partial charge in [0.2, 0.25) is 0 Å². The van der Waals surface area contributed by atoms with Crippen LogP contribution in [0.4, 0.5) is 0 Å². The lowest BCUT2D eigenvalue weighted by molar-refractivity contribution is 0.250. The molecule has 0 aromatic heterocycles. The zero-order valence-corrected chi connectivity index (χ0v) is 12.0. The van der Waals surface area contributed by atoms with Crippen molar-refractivity contribution in [2.24, 2.45) is 5.92 Å². The Labute approximate surface area is 115 Å². The molecule has 1 fully saturated rings. The highest BCUT2D eigenvalue weighted by Gasteiger charge is 2.30. The van der Waals surface area contributed by atoms with Crippen molar-refractivity contribution in [3.05, 3.63) is 29.8 Å². The summed E-state index contributed by atoms with van der Waals surface area (Å²) in [5, 5.41) is 18.1. The van der Waals surface area contributed by atoms with E-state index in [2.05, 4.69) is 30.8 Å². The minimum absolute atomic E-state index is 0.546. The van der Waals surface area contributed by atoms with Gasteiger partial charge in [0.25, 0.3) is 0 Å². The molecule has 1 aromatic rings. The normalized spacial score (nSPS) is 24.1. The lowest BCUT2D eigenvalue weighted by Gasteiger charge is -2.22. The van der Waals surface area contributed by atoms with E-state index in [1.807, 2.05) is 12.1 Å². The van der Waals surface area contributed by atoms with Gasteiger partial charge in [-0.1, -0.05) is 31.2 Å². The maximum absolute atomic E-state index is 9.07. The van der Waals surface area contributed by atoms with Crippen LogP contribution in [0.15, 0.2) is 24.3 Å². The number of hydrogen-bond acceptors (Lipinski definition) is 4. The Bertz CT molecular complexity index is 408. The lowest BCUT2D eigenvalue weighted by Crippen LogP contribution is -2.34. The SMILES string of the molecule is CC1CN(Cc2ccc(B(O)O)cc2)CC1N(C)C. The Hall–Kier alpha value is -0.875. The highest BCUT2D eigenvalue weighted by atomic mass is 16.4. The number of likely N-dealkylation sites (N-methyl/N-ethyl adjacent to an activating group) is 1. The second kappa shape index (κ2) is 6.05. The Balaban J connectivity index is 1.95. The van der Waals surface area contributed by atoms with E-state index in [1.54, 1.807) is 12.1 Å². The molecular formula is C14H23BN2O2. The quantitative estimate of drug-likeness (QED) is 0.734. The predicted octanol–water partition coefficient (Wildman–Crippen LogP) is -0.252. The molecule has 104 valence electrons. The fourth-order valence-corrected chi connectivity index (χ4v) is 2.90. The zero-order chi connectivity index (χ0) is 14.0. The second-order valence-corrected chi connectivity index (χ2v) is 5.82. The standard InChI is InChI=1S/C14H23BN2O2/c1-11-8-17(10-14(11)16(2)3)9-12-4-6-13(7-5-12)15(18)19/h4-7,11,14,18-19H,8-10H2,1-3H3. The molecule has 1 saturated heterocycles. The Morgan fingerprint density at radius 1 is 1.21 bits per heavy atom. The topological polar surface area (TPSA) is 46.9 Å². The average molecular weight is 262 g/mol. The summed E-state index contributed by atoms with van der Waals surface area (Å²) in [5.74, 6) is 0.688. The van der Waals surface area contributed by atoms with Crippen molar-refractivity contribution in [3.63, 3.8) is 0 Å². The molecule has 1 aromatic carbocycles. The first-order valence-corrected chi connectivity index (χ1v) is 6.81. The van der Waals surface area contributed by atoms with E-state index in [-0.39, 0.29) is 0 Å². The monoisotopic (exact) mass is 262 g/mol. The number of hydrogen-bond donors (Lipinski definition) is 2. The smallest absolute Gasteiger partial charge is 0.423 e. The molecule has 0 bridgehead atoms. The maximum Gasteiger partial charge on any atom is 0.488 e. The Morgan fingerprint density at radius 2 is 1.84 bits per heavy atom. The van der Waals surface area contributed by atoms with Crippen LogP contribution in [0.2, 0.25) is 0 Å². The van der Waals surface area contributed by atoms with E-state index in [1.165, 1.54) is 5.56 Å². The van der Waals surface area contributed by atoms with Crippen molar-refractivity contribution in [1.82, 2.24) is 9.80 Å². The van der Waals surface area contributed by atoms with Crippen molar-refractivity contribution in [1.29, 1.82) is 0 Å². The molecule has 19 heavy (non-hydrogen) atoms. The van der Waals surface area contributed by atoms with E-state index in [9.17, 15) is 0 Å². The largest absolute Gasteiger partial charge is 0.488 e. The number of nitrogens with zero attached hydrogens (tertiary/aromatic N) is 2. The van der Waals surface area contributed by atoms with E-state index in [4.69, 9.17) is 10.0 Å². The molecule has 0 aliphatic carbocycles. The predicted molar refractivity (Wildman–Crippen MR) is 78.2 cm³/mol. The van der Waals surface area contributed by atoms with Gasteiger partial charge < -0.3 is 14.9 Å². The third-order valence-electron chi connectivity index (χ3n) is 4.00. The molecule has 0 spiro atoms.